The largest absolute Gasteiger partial charge is 0.492 e. The summed E-state index contributed by atoms with van der Waals surface area (Å²) in [6, 6.07) is 10.3. The van der Waals surface area contributed by atoms with Crippen LogP contribution in [-0.2, 0) is 11.2 Å². The van der Waals surface area contributed by atoms with Gasteiger partial charge >= 0.3 is 0 Å². The molecule has 1 atom stereocenters. The molecule has 1 aliphatic heterocycles. The van der Waals surface area contributed by atoms with E-state index in [0.717, 1.165) is 11.3 Å². The summed E-state index contributed by atoms with van der Waals surface area (Å²) in [5.74, 6) is -0.192. The van der Waals surface area contributed by atoms with Crippen molar-refractivity contribution in [2.75, 3.05) is 11.9 Å². The Balaban J connectivity index is 1.52. The number of carbonyl (C=O) groups excluding carboxylic acids is 1. The van der Waals surface area contributed by atoms with Gasteiger partial charge in [-0.25, -0.2) is 9.37 Å². The van der Waals surface area contributed by atoms with Gasteiger partial charge in [0, 0.05) is 5.69 Å². The maximum Gasteiger partial charge on any atom is 0.231 e. The van der Waals surface area contributed by atoms with E-state index in [1.165, 1.54) is 24.7 Å². The van der Waals surface area contributed by atoms with E-state index in [4.69, 9.17) is 20.8 Å². The molecule has 7 heteroatoms. The van der Waals surface area contributed by atoms with Crippen LogP contribution >= 0.6 is 11.6 Å². The summed E-state index contributed by atoms with van der Waals surface area (Å²) in [6.07, 6.45) is 3.13. The smallest absolute Gasteiger partial charge is 0.231 e. The summed E-state index contributed by atoms with van der Waals surface area (Å²) in [5.41, 5.74) is 1.36. The van der Waals surface area contributed by atoms with E-state index >= 15 is 0 Å². The Bertz CT molecular complexity index is 936. The fourth-order valence-electron chi connectivity index (χ4n) is 2.96. The number of nitrogens with zero attached hydrogens (tertiary/aromatic N) is 1. The molecule has 1 amide bonds. The van der Waals surface area contributed by atoms with Crippen molar-refractivity contribution in [3.8, 4) is 17.1 Å². The van der Waals surface area contributed by atoms with Crippen molar-refractivity contribution in [2.24, 2.45) is 5.92 Å². The monoisotopic (exact) mass is 372 g/mol. The van der Waals surface area contributed by atoms with Gasteiger partial charge in [-0.15, -0.1) is 0 Å². The molecule has 132 valence electrons. The number of anilines is 1. The number of nitrogens with one attached hydrogen (secondary N) is 1. The number of hydrogen-bond acceptors (Lipinski definition) is 4. The average molecular weight is 373 g/mol. The second-order valence-corrected chi connectivity index (χ2v) is 6.40. The quantitative estimate of drug-likeness (QED) is 0.743. The number of fused-ring (bicyclic) bond motifs is 1. The minimum absolute atomic E-state index is 0.108. The Morgan fingerprint density at radius 3 is 2.92 bits per heavy atom. The highest BCUT2D eigenvalue weighted by Gasteiger charge is 2.26. The molecule has 1 N–H and O–H groups in total. The van der Waals surface area contributed by atoms with Gasteiger partial charge in [-0.3, -0.25) is 4.79 Å². The Morgan fingerprint density at radius 2 is 2.15 bits per heavy atom. The first-order valence-electron chi connectivity index (χ1n) is 8.01. The fraction of sp³-hybridized carbons (Fsp3) is 0.158. The maximum atomic E-state index is 14.4. The molecule has 0 bridgehead atoms. The lowest BCUT2D eigenvalue weighted by molar-refractivity contribution is -0.121. The molecule has 0 radical (unpaired) electrons. The highest BCUT2D eigenvalue weighted by Crippen LogP contribution is 2.34. The van der Waals surface area contributed by atoms with Gasteiger partial charge in [-0.2, -0.15) is 0 Å². The molecule has 0 saturated heterocycles. The van der Waals surface area contributed by atoms with Gasteiger partial charge in [-0.1, -0.05) is 29.8 Å². The number of carbonyl (C=O) groups is 1. The molecule has 5 nitrogen and oxygen atoms in total. The molecule has 0 saturated carbocycles. The van der Waals surface area contributed by atoms with Gasteiger partial charge < -0.3 is 14.5 Å². The van der Waals surface area contributed by atoms with Crippen molar-refractivity contribution in [1.82, 2.24) is 4.98 Å². The highest BCUT2D eigenvalue weighted by molar-refractivity contribution is 6.33. The van der Waals surface area contributed by atoms with Crippen molar-refractivity contribution in [3.63, 3.8) is 0 Å². The van der Waals surface area contributed by atoms with E-state index in [0.29, 0.717) is 6.42 Å². The molecule has 26 heavy (non-hydrogen) atoms. The minimum atomic E-state index is -0.602. The lowest BCUT2D eigenvalue weighted by atomic mass is 9.96. The molecule has 2 heterocycles. The molecule has 0 aliphatic carbocycles. The third-order valence-electron chi connectivity index (χ3n) is 4.24. The van der Waals surface area contributed by atoms with Crippen LogP contribution in [0.3, 0.4) is 0 Å². The van der Waals surface area contributed by atoms with Gasteiger partial charge in [0.25, 0.3) is 0 Å². The number of aromatic nitrogens is 1. The van der Waals surface area contributed by atoms with E-state index in [1.807, 2.05) is 24.3 Å². The lowest BCUT2D eigenvalue weighted by Gasteiger charge is -2.24. The molecule has 1 aliphatic rings. The number of benzene rings is 2. The van der Waals surface area contributed by atoms with E-state index in [1.54, 1.807) is 0 Å². The predicted octanol–water partition coefficient (Wildman–Crippen LogP) is 4.32. The minimum Gasteiger partial charge on any atom is -0.492 e. The molecule has 2 aromatic carbocycles. The standard InChI is InChI=1S/C19H14ClFN2O3/c20-14-6-13(7-15(21)18(14)17-8-22-10-26-17)23-19(24)12-5-11-3-1-2-4-16(11)25-9-12/h1-4,6-8,10,12H,5,9H2,(H,23,24). The van der Waals surface area contributed by atoms with E-state index in [2.05, 4.69) is 10.3 Å². The average Bonchev–Trinajstić information content (AvgIpc) is 3.15. The van der Waals surface area contributed by atoms with Crippen LogP contribution in [0.15, 0.2) is 53.4 Å². The summed E-state index contributed by atoms with van der Waals surface area (Å²) in [6.45, 7) is 0.273. The van der Waals surface area contributed by atoms with Gasteiger partial charge in [0.1, 0.15) is 18.2 Å². The van der Waals surface area contributed by atoms with E-state index in [-0.39, 0.29) is 40.5 Å². The van der Waals surface area contributed by atoms with Crippen LogP contribution in [0.25, 0.3) is 11.3 Å². The van der Waals surface area contributed by atoms with Crippen LogP contribution in [0.4, 0.5) is 10.1 Å². The van der Waals surface area contributed by atoms with Gasteiger partial charge in [0.05, 0.1) is 22.7 Å². The number of rotatable bonds is 3. The highest BCUT2D eigenvalue weighted by atomic mass is 35.5. The summed E-state index contributed by atoms with van der Waals surface area (Å²) < 4.78 is 25.1. The maximum absolute atomic E-state index is 14.4. The predicted molar refractivity (Wildman–Crippen MR) is 94.7 cm³/mol. The Labute approximate surface area is 153 Å². The van der Waals surface area contributed by atoms with Crippen LogP contribution in [0.1, 0.15) is 5.56 Å². The number of para-hydroxylation sites is 1. The molecule has 1 unspecified atom stereocenters. The third kappa shape index (κ3) is 3.15. The van der Waals surface area contributed by atoms with Crippen LogP contribution in [0, 0.1) is 11.7 Å². The van der Waals surface area contributed by atoms with Gasteiger partial charge in [0.15, 0.2) is 12.2 Å². The second-order valence-electron chi connectivity index (χ2n) is 5.99. The SMILES string of the molecule is O=C(Nc1cc(F)c(-c2cnco2)c(Cl)c1)C1COc2ccccc2C1. The number of oxazole rings is 1. The molecule has 3 aromatic rings. The first-order valence-corrected chi connectivity index (χ1v) is 8.39. The van der Waals surface area contributed by atoms with Crippen LogP contribution in [0.5, 0.6) is 5.75 Å². The number of hydrogen-bond donors (Lipinski definition) is 1. The van der Waals surface area contributed by atoms with E-state index < -0.39 is 5.82 Å². The Morgan fingerprint density at radius 1 is 1.31 bits per heavy atom. The fourth-order valence-corrected chi connectivity index (χ4v) is 3.26. The number of halogens is 2. The molecule has 0 fully saturated rings. The van der Waals surface area contributed by atoms with Gasteiger partial charge in [-0.05, 0) is 30.2 Å². The first kappa shape index (κ1) is 16.6. The van der Waals surface area contributed by atoms with Crippen molar-refractivity contribution in [2.45, 2.75) is 6.42 Å². The zero-order valence-electron chi connectivity index (χ0n) is 13.5. The van der Waals surface area contributed by atoms with Crippen LogP contribution < -0.4 is 10.1 Å². The summed E-state index contributed by atoms with van der Waals surface area (Å²) in [4.78, 5) is 16.3. The second kappa shape index (κ2) is 6.80. The topological polar surface area (TPSA) is 64.4 Å². The number of amides is 1. The Kier molecular flexibility index (Phi) is 4.34. The molecule has 0 spiro atoms. The zero-order chi connectivity index (χ0) is 18.1. The number of ether oxygens (including phenoxy) is 1. The summed E-state index contributed by atoms with van der Waals surface area (Å²) in [7, 11) is 0. The van der Waals surface area contributed by atoms with Crippen molar-refractivity contribution >= 4 is 23.2 Å². The van der Waals surface area contributed by atoms with Gasteiger partial charge in [0.2, 0.25) is 5.91 Å². The molecular formula is C19H14ClFN2O3. The van der Waals surface area contributed by atoms with Crippen molar-refractivity contribution < 1.29 is 18.3 Å². The van der Waals surface area contributed by atoms with Crippen molar-refractivity contribution in [1.29, 1.82) is 0 Å². The molecule has 4 rings (SSSR count). The summed E-state index contributed by atoms with van der Waals surface area (Å²) >= 11 is 6.16. The molecule has 1 aromatic heterocycles. The van der Waals surface area contributed by atoms with Crippen LogP contribution in [-0.4, -0.2) is 17.5 Å². The third-order valence-corrected chi connectivity index (χ3v) is 4.54. The van der Waals surface area contributed by atoms with Crippen LogP contribution in [0.2, 0.25) is 5.02 Å². The normalized spacial score (nSPS) is 15.8. The Hall–Kier alpha value is -2.86. The lowest BCUT2D eigenvalue weighted by Crippen LogP contribution is -2.32. The van der Waals surface area contributed by atoms with Crippen molar-refractivity contribution in [3.05, 3.63) is 65.4 Å². The zero-order valence-corrected chi connectivity index (χ0v) is 14.3. The first-order chi connectivity index (χ1) is 12.6. The summed E-state index contributed by atoms with van der Waals surface area (Å²) in [5, 5.41) is 2.83. The molecular weight excluding hydrogens is 359 g/mol. The van der Waals surface area contributed by atoms with E-state index in [9.17, 15) is 9.18 Å².